The van der Waals surface area contributed by atoms with Crippen molar-refractivity contribution in [3.63, 3.8) is 0 Å². The number of hydrogen-bond acceptors (Lipinski definition) is 6. The van der Waals surface area contributed by atoms with Crippen molar-refractivity contribution in [1.82, 2.24) is 0 Å². The second kappa shape index (κ2) is 3.21. The molecule has 0 atom stereocenters. The summed E-state index contributed by atoms with van der Waals surface area (Å²) in [5.74, 6) is -4.09. The molecule has 7 heteroatoms. The Balaban J connectivity index is 3.59. The Morgan fingerprint density at radius 1 is 1.29 bits per heavy atom. The fourth-order valence-electron chi connectivity index (χ4n) is 0.911. The van der Waals surface area contributed by atoms with E-state index in [-0.39, 0.29) is 0 Å². The Hall–Kier alpha value is -2.31. The predicted molar refractivity (Wildman–Crippen MR) is 43.2 cm³/mol. The van der Waals surface area contributed by atoms with Gasteiger partial charge in [-0.1, -0.05) is 0 Å². The Bertz CT molecular complexity index is 415. The summed E-state index contributed by atoms with van der Waals surface area (Å²) < 4.78 is 0. The van der Waals surface area contributed by atoms with Gasteiger partial charge in [0.1, 0.15) is 5.69 Å². The molecule has 14 heavy (non-hydrogen) atoms. The predicted octanol–water partition coefficient (Wildman–Crippen LogP) is 1.16. The highest BCUT2D eigenvalue weighted by atomic mass is 16.4. The first-order chi connectivity index (χ1) is 6.49. The number of benzene rings is 1. The van der Waals surface area contributed by atoms with Crippen LogP contribution in [0.4, 0.5) is 5.69 Å². The Kier molecular flexibility index (Phi) is 2.24. The zero-order chi connectivity index (χ0) is 10.9. The summed E-state index contributed by atoms with van der Waals surface area (Å²) in [4.78, 5) is 10.5. The molecule has 0 heterocycles. The molecule has 0 fully saturated rings. The molecule has 74 valence electrons. The van der Waals surface area contributed by atoms with Crippen LogP contribution in [0.1, 0.15) is 10.4 Å². The summed E-state index contributed by atoms with van der Waals surface area (Å²) in [7, 11) is 0. The minimum Gasteiger partial charge on any atom is -0.504 e. The van der Waals surface area contributed by atoms with Crippen LogP contribution in [-0.4, -0.2) is 26.4 Å². The zero-order valence-corrected chi connectivity index (χ0v) is 6.72. The summed E-state index contributed by atoms with van der Waals surface area (Å²) in [6.45, 7) is 0. The number of carbonyl (C=O) groups is 1. The molecule has 0 aliphatic rings. The van der Waals surface area contributed by atoms with E-state index in [1.165, 1.54) is 0 Å². The molecule has 0 saturated heterocycles. The number of aromatic hydroxyl groups is 3. The molecule has 0 aromatic heterocycles. The van der Waals surface area contributed by atoms with E-state index in [2.05, 4.69) is 5.11 Å². The summed E-state index contributed by atoms with van der Waals surface area (Å²) in [5.41, 5.74) is 5.43. The quantitative estimate of drug-likeness (QED) is 0.359. The van der Waals surface area contributed by atoms with Crippen molar-refractivity contribution in [2.75, 3.05) is 0 Å². The van der Waals surface area contributed by atoms with Gasteiger partial charge in [0.05, 0.1) is 5.56 Å². The lowest BCUT2D eigenvalue weighted by Crippen LogP contribution is -1.96. The average Bonchev–Trinajstić information content (AvgIpc) is 2.13. The van der Waals surface area contributed by atoms with Crippen LogP contribution in [0.3, 0.4) is 0 Å². The number of rotatable bonds is 2. The SMILES string of the molecule is N=Nc1c(C(=O)O)cc(O)c(O)c1O. The van der Waals surface area contributed by atoms with Gasteiger partial charge in [-0.05, 0) is 0 Å². The lowest BCUT2D eigenvalue weighted by molar-refractivity contribution is 0.0696. The van der Waals surface area contributed by atoms with Gasteiger partial charge in [0.2, 0.25) is 5.75 Å². The van der Waals surface area contributed by atoms with Crippen molar-refractivity contribution in [1.29, 1.82) is 5.53 Å². The number of phenols is 3. The molecule has 0 aliphatic carbocycles. The normalized spacial score (nSPS) is 9.71. The molecule has 1 aromatic rings. The highest BCUT2D eigenvalue weighted by molar-refractivity contribution is 5.96. The number of aromatic carboxylic acids is 1. The van der Waals surface area contributed by atoms with Crippen LogP contribution in [-0.2, 0) is 0 Å². The molecule has 0 spiro atoms. The Morgan fingerprint density at radius 3 is 2.29 bits per heavy atom. The van der Waals surface area contributed by atoms with Crippen LogP contribution in [0.2, 0.25) is 0 Å². The number of phenolic OH excluding ortho intramolecular Hbond substituents is 3. The smallest absolute Gasteiger partial charge is 0.338 e. The standard InChI is InChI=1S/C7H6N2O5/c8-9-4-2(7(13)14)1-3(10)5(11)6(4)12/h1,8,10-12H,(H,13,14). The third-order valence-corrected chi connectivity index (χ3v) is 1.57. The van der Waals surface area contributed by atoms with Gasteiger partial charge in [-0.2, -0.15) is 5.11 Å². The first-order valence-corrected chi connectivity index (χ1v) is 3.37. The number of hydrogen-bond donors (Lipinski definition) is 5. The third-order valence-electron chi connectivity index (χ3n) is 1.57. The van der Waals surface area contributed by atoms with Crippen LogP contribution in [0.5, 0.6) is 17.2 Å². The Morgan fingerprint density at radius 2 is 1.86 bits per heavy atom. The van der Waals surface area contributed by atoms with E-state index in [1.54, 1.807) is 0 Å². The average molecular weight is 198 g/mol. The molecule has 0 aliphatic heterocycles. The van der Waals surface area contributed by atoms with Crippen molar-refractivity contribution in [2.24, 2.45) is 5.11 Å². The summed E-state index contributed by atoms with van der Waals surface area (Å²) in [6.07, 6.45) is 0. The molecular weight excluding hydrogens is 192 g/mol. The molecule has 0 bridgehead atoms. The number of nitrogens with one attached hydrogen (secondary N) is 1. The Labute approximate surface area is 77.4 Å². The van der Waals surface area contributed by atoms with E-state index in [0.29, 0.717) is 6.07 Å². The van der Waals surface area contributed by atoms with Gasteiger partial charge >= 0.3 is 5.97 Å². The van der Waals surface area contributed by atoms with Gasteiger partial charge in [0.25, 0.3) is 0 Å². The zero-order valence-electron chi connectivity index (χ0n) is 6.72. The summed E-state index contributed by atoms with van der Waals surface area (Å²) in [6, 6.07) is 0.699. The molecule has 5 N–H and O–H groups in total. The van der Waals surface area contributed by atoms with Crippen LogP contribution in [0.15, 0.2) is 11.2 Å². The van der Waals surface area contributed by atoms with Crippen molar-refractivity contribution in [3.8, 4) is 17.2 Å². The first kappa shape index (κ1) is 9.78. The van der Waals surface area contributed by atoms with Gasteiger partial charge in [0.15, 0.2) is 11.5 Å². The highest BCUT2D eigenvalue weighted by Crippen LogP contribution is 2.44. The first-order valence-electron chi connectivity index (χ1n) is 3.37. The molecular formula is C7H6N2O5. The maximum atomic E-state index is 10.5. The highest BCUT2D eigenvalue weighted by Gasteiger charge is 2.20. The number of nitrogens with zero attached hydrogens (tertiary/aromatic N) is 1. The number of carboxylic acid groups (broad SMARTS) is 1. The third kappa shape index (κ3) is 1.30. The van der Waals surface area contributed by atoms with E-state index in [0.717, 1.165) is 0 Å². The van der Waals surface area contributed by atoms with Crippen molar-refractivity contribution < 1.29 is 25.2 Å². The van der Waals surface area contributed by atoms with Gasteiger partial charge in [-0.3, -0.25) is 0 Å². The van der Waals surface area contributed by atoms with Gasteiger partial charge < -0.3 is 20.4 Å². The minimum absolute atomic E-state index is 0.562. The minimum atomic E-state index is -1.47. The van der Waals surface area contributed by atoms with Crippen molar-refractivity contribution in [3.05, 3.63) is 11.6 Å². The second-order valence-electron chi connectivity index (χ2n) is 2.41. The van der Waals surface area contributed by atoms with E-state index in [4.69, 9.17) is 26.0 Å². The van der Waals surface area contributed by atoms with Gasteiger partial charge in [-0.15, -0.1) is 0 Å². The van der Waals surface area contributed by atoms with Crippen LogP contribution in [0.25, 0.3) is 0 Å². The molecule has 1 rings (SSSR count). The van der Waals surface area contributed by atoms with Gasteiger partial charge in [0, 0.05) is 6.07 Å². The van der Waals surface area contributed by atoms with Crippen LogP contribution in [0, 0.1) is 5.53 Å². The van der Waals surface area contributed by atoms with E-state index in [1.807, 2.05) is 0 Å². The maximum absolute atomic E-state index is 10.5. The fourth-order valence-corrected chi connectivity index (χ4v) is 0.911. The number of carboxylic acids is 1. The van der Waals surface area contributed by atoms with Crippen LogP contribution >= 0.6 is 0 Å². The lowest BCUT2D eigenvalue weighted by Gasteiger charge is -2.05. The monoisotopic (exact) mass is 198 g/mol. The lowest BCUT2D eigenvalue weighted by atomic mass is 10.1. The maximum Gasteiger partial charge on any atom is 0.338 e. The van der Waals surface area contributed by atoms with E-state index >= 15 is 0 Å². The topological polar surface area (TPSA) is 134 Å². The summed E-state index contributed by atoms with van der Waals surface area (Å²) >= 11 is 0. The molecule has 0 radical (unpaired) electrons. The molecule has 0 unspecified atom stereocenters. The molecule has 0 saturated carbocycles. The second-order valence-corrected chi connectivity index (χ2v) is 2.41. The fraction of sp³-hybridized carbons (Fsp3) is 0. The largest absolute Gasteiger partial charge is 0.504 e. The summed E-state index contributed by atoms with van der Waals surface area (Å²) in [5, 5.41) is 38.4. The van der Waals surface area contributed by atoms with E-state index in [9.17, 15) is 4.79 Å². The van der Waals surface area contributed by atoms with E-state index < -0.39 is 34.5 Å². The van der Waals surface area contributed by atoms with Gasteiger partial charge in [-0.25, -0.2) is 10.3 Å². The van der Waals surface area contributed by atoms with Crippen LogP contribution < -0.4 is 0 Å². The molecule has 0 amide bonds. The molecule has 1 aromatic carbocycles. The molecule has 7 nitrogen and oxygen atoms in total. The van der Waals surface area contributed by atoms with Crippen molar-refractivity contribution >= 4 is 11.7 Å². The van der Waals surface area contributed by atoms with Crippen molar-refractivity contribution in [2.45, 2.75) is 0 Å².